The van der Waals surface area contributed by atoms with Crippen LogP contribution in [0.2, 0.25) is 0 Å². The molecule has 2 aliphatic heterocycles. The number of nitrogens with one attached hydrogen (secondary N) is 2. The second-order valence-corrected chi connectivity index (χ2v) is 5.50. The maximum atomic E-state index is 4.50. The fraction of sp³-hybridized carbons (Fsp3) is 0. The summed E-state index contributed by atoms with van der Waals surface area (Å²) in [5.74, 6) is 0. The van der Waals surface area contributed by atoms with E-state index in [0.29, 0.717) is 0 Å². The van der Waals surface area contributed by atoms with E-state index in [1.165, 1.54) is 0 Å². The van der Waals surface area contributed by atoms with Gasteiger partial charge in [-0.05, 0) is 48.6 Å². The lowest BCUT2D eigenvalue weighted by molar-refractivity contribution is 1.30. The van der Waals surface area contributed by atoms with Crippen molar-refractivity contribution in [3.63, 3.8) is 0 Å². The first-order valence-electron chi connectivity index (χ1n) is 7.54. The summed E-state index contributed by atoms with van der Waals surface area (Å²) in [6.07, 6.45) is 7.67. The standard InChI is InChI=1S/C20H10N4/c1-2-14-10-16-5-6-18(23-16)12-20-8-7-19(24-20)11-17-4-3-15(22-17)9-13(1)21-14/h1-8,21,24H. The summed E-state index contributed by atoms with van der Waals surface area (Å²) in [5, 5.41) is 0. The molecule has 0 fully saturated rings. The fourth-order valence-electron chi connectivity index (χ4n) is 2.64. The van der Waals surface area contributed by atoms with E-state index in [0.717, 1.165) is 44.8 Å². The van der Waals surface area contributed by atoms with Crippen LogP contribution in [0.5, 0.6) is 0 Å². The molecule has 0 unspecified atom stereocenters. The molecule has 0 atom stereocenters. The van der Waals surface area contributed by atoms with Gasteiger partial charge in [0.25, 0.3) is 0 Å². The summed E-state index contributed by atoms with van der Waals surface area (Å²) in [7, 11) is 0. The van der Waals surface area contributed by atoms with Gasteiger partial charge in [-0.1, -0.05) is 0 Å². The number of rotatable bonds is 0. The van der Waals surface area contributed by atoms with Crippen molar-refractivity contribution in [3.8, 4) is 0 Å². The monoisotopic (exact) mass is 306 g/mol. The van der Waals surface area contributed by atoms with E-state index in [4.69, 9.17) is 0 Å². The topological polar surface area (TPSA) is 57.4 Å². The average molecular weight is 306 g/mol. The molecule has 24 heavy (non-hydrogen) atoms. The third kappa shape index (κ3) is 2.44. The number of aromatic nitrogens is 4. The Kier molecular flexibility index (Phi) is 2.76. The molecule has 8 bridgehead atoms. The molecule has 4 heteroatoms. The van der Waals surface area contributed by atoms with Gasteiger partial charge >= 0.3 is 0 Å². The van der Waals surface area contributed by atoms with Gasteiger partial charge in [0.15, 0.2) is 0 Å². The number of hydrogen-bond donors (Lipinski definition) is 2. The van der Waals surface area contributed by atoms with Crippen molar-refractivity contribution in [3.05, 3.63) is 71.3 Å². The second-order valence-electron chi connectivity index (χ2n) is 5.50. The van der Waals surface area contributed by atoms with Gasteiger partial charge in [-0.2, -0.15) is 0 Å². The minimum Gasteiger partial charge on any atom is -0.354 e. The van der Waals surface area contributed by atoms with Gasteiger partial charge in [0.1, 0.15) is 0 Å². The van der Waals surface area contributed by atoms with Crippen LogP contribution in [0.3, 0.4) is 0 Å². The Hall–Kier alpha value is -3.40. The van der Waals surface area contributed by atoms with Crippen molar-refractivity contribution in [2.24, 2.45) is 0 Å². The molecule has 0 amide bonds. The number of fused-ring (bicyclic) bond motifs is 8. The van der Waals surface area contributed by atoms with Crippen LogP contribution in [-0.4, -0.2) is 19.9 Å². The highest BCUT2D eigenvalue weighted by Gasteiger charge is 2.02. The van der Waals surface area contributed by atoms with Crippen LogP contribution < -0.4 is 0 Å². The first-order valence-corrected chi connectivity index (χ1v) is 7.54. The van der Waals surface area contributed by atoms with Crippen LogP contribution in [0.15, 0.2) is 24.3 Å². The molecular weight excluding hydrogens is 296 g/mol. The molecule has 2 aliphatic rings. The van der Waals surface area contributed by atoms with Crippen molar-refractivity contribution < 1.29 is 0 Å². The summed E-state index contributed by atoms with van der Waals surface area (Å²) in [5.41, 5.74) is 6.44. The fourth-order valence-corrected chi connectivity index (χ4v) is 2.64. The zero-order valence-corrected chi connectivity index (χ0v) is 12.5. The lowest BCUT2D eigenvalue weighted by atomic mass is 10.3. The molecule has 0 saturated carbocycles. The summed E-state index contributed by atoms with van der Waals surface area (Å²) in [4.78, 5) is 15.5. The number of nitrogens with zero attached hydrogens (tertiary/aromatic N) is 2. The zero-order valence-electron chi connectivity index (χ0n) is 12.5. The summed E-state index contributed by atoms with van der Waals surface area (Å²) in [6.45, 7) is 0. The van der Waals surface area contributed by atoms with Crippen LogP contribution in [0.1, 0.15) is 22.8 Å². The van der Waals surface area contributed by atoms with E-state index in [9.17, 15) is 0 Å². The third-order valence-corrected chi connectivity index (χ3v) is 3.70. The first-order chi connectivity index (χ1) is 11.8. The summed E-state index contributed by atoms with van der Waals surface area (Å²) in [6, 6.07) is 20.7. The lowest BCUT2D eigenvalue weighted by Crippen LogP contribution is -1.76. The highest BCUT2D eigenvalue weighted by Crippen LogP contribution is 2.15. The van der Waals surface area contributed by atoms with Crippen molar-refractivity contribution in [2.75, 3.05) is 0 Å². The molecule has 4 nitrogen and oxygen atoms in total. The molecule has 110 valence electrons. The lowest BCUT2D eigenvalue weighted by Gasteiger charge is -1.84. The Balaban J connectivity index is 1.85. The molecule has 0 spiro atoms. The van der Waals surface area contributed by atoms with E-state index in [-0.39, 0.29) is 0 Å². The minimum atomic E-state index is 0.761. The number of aromatic amines is 2. The van der Waals surface area contributed by atoms with Crippen molar-refractivity contribution >= 4 is 46.4 Å². The van der Waals surface area contributed by atoms with Crippen molar-refractivity contribution in [1.82, 2.24) is 19.9 Å². The molecule has 0 saturated heterocycles. The van der Waals surface area contributed by atoms with Crippen molar-refractivity contribution in [2.45, 2.75) is 0 Å². The molecule has 5 heterocycles. The van der Waals surface area contributed by atoms with Gasteiger partial charge in [0, 0.05) is 46.3 Å². The Bertz CT molecular complexity index is 984. The van der Waals surface area contributed by atoms with Gasteiger partial charge in [0.2, 0.25) is 0 Å². The van der Waals surface area contributed by atoms with Crippen LogP contribution >= 0.6 is 0 Å². The smallest absolute Gasteiger partial charge is 0.0738 e. The first kappa shape index (κ1) is 13.1. The van der Waals surface area contributed by atoms with E-state index in [2.05, 4.69) is 44.2 Å². The molecule has 2 N–H and O–H groups in total. The van der Waals surface area contributed by atoms with E-state index in [1.54, 1.807) is 0 Å². The predicted octanol–water partition coefficient (Wildman–Crippen LogP) is 3.86. The largest absolute Gasteiger partial charge is 0.354 e. The van der Waals surface area contributed by atoms with Gasteiger partial charge in [-0.25, -0.2) is 9.97 Å². The maximum Gasteiger partial charge on any atom is 0.0738 e. The molecule has 3 aromatic rings. The third-order valence-electron chi connectivity index (χ3n) is 3.70. The molecule has 5 rings (SSSR count). The Morgan fingerprint density at radius 1 is 0.500 bits per heavy atom. The van der Waals surface area contributed by atoms with E-state index in [1.807, 2.05) is 48.6 Å². The molecule has 3 aromatic heterocycles. The molecule has 0 aliphatic carbocycles. The van der Waals surface area contributed by atoms with Gasteiger partial charge in [-0.15, -0.1) is 0 Å². The second kappa shape index (κ2) is 5.06. The van der Waals surface area contributed by atoms with E-state index >= 15 is 0 Å². The Labute approximate surface area is 138 Å². The number of H-pyrrole nitrogens is 2. The summed E-state index contributed by atoms with van der Waals surface area (Å²) >= 11 is 0. The van der Waals surface area contributed by atoms with Crippen LogP contribution in [0, 0.1) is 24.3 Å². The van der Waals surface area contributed by atoms with Gasteiger partial charge in [0.05, 0.1) is 22.8 Å². The maximum absolute atomic E-state index is 4.50. The SMILES string of the molecule is [c]1c2nc([c]c3ccc([c]c4nc([c]c5ccc1[nH]5)C=C4)[nH]3)C=C2. The average Bonchev–Trinajstić information content (AvgIpc) is 3.32. The summed E-state index contributed by atoms with van der Waals surface area (Å²) < 4.78 is 0. The molecule has 0 aromatic carbocycles. The highest BCUT2D eigenvalue weighted by atomic mass is 14.8. The predicted molar refractivity (Wildman–Crippen MR) is 94.2 cm³/mol. The van der Waals surface area contributed by atoms with Crippen molar-refractivity contribution in [1.29, 1.82) is 0 Å². The molecule has 4 radical (unpaired) electrons. The highest BCUT2D eigenvalue weighted by molar-refractivity contribution is 5.76. The van der Waals surface area contributed by atoms with E-state index < -0.39 is 0 Å². The van der Waals surface area contributed by atoms with Crippen LogP contribution in [0.25, 0.3) is 46.4 Å². The minimum absolute atomic E-state index is 0.761. The Morgan fingerprint density at radius 3 is 1.08 bits per heavy atom. The number of hydrogen-bond acceptors (Lipinski definition) is 2. The Morgan fingerprint density at radius 2 is 0.792 bits per heavy atom. The zero-order chi connectivity index (χ0) is 15.9. The quantitative estimate of drug-likeness (QED) is 0.456. The van der Waals surface area contributed by atoms with Crippen LogP contribution in [-0.2, 0) is 0 Å². The molecular formula is C20H10N4. The van der Waals surface area contributed by atoms with Gasteiger partial charge < -0.3 is 9.97 Å². The van der Waals surface area contributed by atoms with Crippen LogP contribution in [0.4, 0.5) is 0 Å². The van der Waals surface area contributed by atoms with Gasteiger partial charge in [-0.3, -0.25) is 0 Å². The normalized spacial score (nSPS) is 12.7.